The summed E-state index contributed by atoms with van der Waals surface area (Å²) in [6, 6.07) is 12.1. The zero-order chi connectivity index (χ0) is 23.1. The van der Waals surface area contributed by atoms with E-state index in [-0.39, 0.29) is 0 Å². The third-order valence-electron chi connectivity index (χ3n) is 5.60. The highest BCUT2D eigenvalue weighted by molar-refractivity contribution is 6.32. The first-order valence-electron chi connectivity index (χ1n) is 10.4. The summed E-state index contributed by atoms with van der Waals surface area (Å²) in [5.74, 6) is 1.68. The fourth-order valence-corrected chi connectivity index (χ4v) is 4.32. The van der Waals surface area contributed by atoms with Crippen LogP contribution in [0, 0.1) is 6.92 Å². The van der Waals surface area contributed by atoms with Crippen LogP contribution >= 0.6 is 11.6 Å². The SMILES string of the molecule is CNc1ncc2c(-c3c(C)ccc4c(Nc5cnc(OC)c(Cl)c5)nn(C)c34)cccc2n1. The molecule has 5 aromatic rings. The lowest BCUT2D eigenvalue weighted by molar-refractivity contribution is 0.398. The van der Waals surface area contributed by atoms with Crippen LogP contribution in [0.1, 0.15) is 5.56 Å². The number of ether oxygens (including phenoxy) is 1. The molecule has 2 N–H and O–H groups in total. The summed E-state index contributed by atoms with van der Waals surface area (Å²) in [5.41, 5.74) is 5.89. The van der Waals surface area contributed by atoms with Gasteiger partial charge in [-0.2, -0.15) is 5.10 Å². The van der Waals surface area contributed by atoms with Gasteiger partial charge in [0.25, 0.3) is 0 Å². The minimum atomic E-state index is 0.380. The fourth-order valence-electron chi connectivity index (χ4n) is 4.08. The molecule has 0 spiro atoms. The van der Waals surface area contributed by atoms with E-state index in [0.29, 0.717) is 22.7 Å². The Morgan fingerprint density at radius 1 is 1.06 bits per heavy atom. The molecule has 166 valence electrons. The van der Waals surface area contributed by atoms with Gasteiger partial charge in [0.1, 0.15) is 5.02 Å². The van der Waals surface area contributed by atoms with Gasteiger partial charge in [-0.15, -0.1) is 0 Å². The van der Waals surface area contributed by atoms with Crippen LogP contribution in [0.15, 0.2) is 48.8 Å². The molecule has 8 nitrogen and oxygen atoms in total. The Kier molecular flexibility index (Phi) is 5.22. The molecule has 0 amide bonds. The van der Waals surface area contributed by atoms with E-state index < -0.39 is 0 Å². The van der Waals surface area contributed by atoms with E-state index >= 15 is 0 Å². The molecular weight excluding hydrogens is 438 g/mol. The largest absolute Gasteiger partial charge is 0.480 e. The monoisotopic (exact) mass is 459 g/mol. The number of aryl methyl sites for hydroxylation is 2. The maximum Gasteiger partial charge on any atom is 0.232 e. The molecule has 5 rings (SSSR count). The van der Waals surface area contributed by atoms with Crippen molar-refractivity contribution in [2.75, 3.05) is 24.8 Å². The normalized spacial score (nSPS) is 11.2. The average molecular weight is 460 g/mol. The highest BCUT2D eigenvalue weighted by atomic mass is 35.5. The topological polar surface area (TPSA) is 89.8 Å². The number of benzene rings is 2. The number of hydrogen-bond acceptors (Lipinski definition) is 7. The molecule has 3 heterocycles. The van der Waals surface area contributed by atoms with Gasteiger partial charge in [-0.1, -0.05) is 29.8 Å². The van der Waals surface area contributed by atoms with Crippen LogP contribution < -0.4 is 15.4 Å². The van der Waals surface area contributed by atoms with Crippen LogP contribution in [0.2, 0.25) is 5.02 Å². The minimum absolute atomic E-state index is 0.380. The highest BCUT2D eigenvalue weighted by Crippen LogP contribution is 2.38. The summed E-state index contributed by atoms with van der Waals surface area (Å²) in [6.07, 6.45) is 3.53. The van der Waals surface area contributed by atoms with Gasteiger partial charge in [-0.3, -0.25) is 4.68 Å². The predicted molar refractivity (Wildman–Crippen MR) is 133 cm³/mol. The van der Waals surface area contributed by atoms with Crippen molar-refractivity contribution in [3.63, 3.8) is 0 Å². The zero-order valence-electron chi connectivity index (χ0n) is 18.6. The zero-order valence-corrected chi connectivity index (χ0v) is 19.4. The maximum absolute atomic E-state index is 6.25. The molecule has 0 aliphatic heterocycles. The minimum Gasteiger partial charge on any atom is -0.480 e. The van der Waals surface area contributed by atoms with E-state index in [0.717, 1.165) is 44.2 Å². The molecule has 2 aromatic carbocycles. The van der Waals surface area contributed by atoms with E-state index in [1.54, 1.807) is 12.3 Å². The number of hydrogen-bond donors (Lipinski definition) is 2. The van der Waals surface area contributed by atoms with Crippen molar-refractivity contribution in [2.45, 2.75) is 6.92 Å². The van der Waals surface area contributed by atoms with E-state index in [1.807, 2.05) is 37.1 Å². The maximum atomic E-state index is 6.25. The van der Waals surface area contributed by atoms with Gasteiger partial charge in [0.15, 0.2) is 5.82 Å². The second-order valence-corrected chi connectivity index (χ2v) is 8.06. The number of pyridine rings is 1. The quantitative estimate of drug-likeness (QED) is 0.367. The third kappa shape index (κ3) is 3.58. The Hall–Kier alpha value is -3.91. The van der Waals surface area contributed by atoms with Crippen molar-refractivity contribution in [1.82, 2.24) is 24.7 Å². The van der Waals surface area contributed by atoms with Crippen molar-refractivity contribution in [1.29, 1.82) is 0 Å². The Balaban J connectivity index is 1.68. The summed E-state index contributed by atoms with van der Waals surface area (Å²) in [5, 5.41) is 13.5. The van der Waals surface area contributed by atoms with Crippen LogP contribution in [0.5, 0.6) is 5.88 Å². The van der Waals surface area contributed by atoms with Crippen molar-refractivity contribution in [2.24, 2.45) is 7.05 Å². The van der Waals surface area contributed by atoms with E-state index in [2.05, 4.69) is 50.7 Å². The highest BCUT2D eigenvalue weighted by Gasteiger charge is 2.18. The second kappa shape index (κ2) is 8.22. The number of rotatable bonds is 5. The Bertz CT molecular complexity index is 1510. The summed E-state index contributed by atoms with van der Waals surface area (Å²) >= 11 is 6.25. The molecule has 0 unspecified atom stereocenters. The van der Waals surface area contributed by atoms with Gasteiger partial charge >= 0.3 is 0 Å². The lowest BCUT2D eigenvalue weighted by atomic mass is 9.95. The van der Waals surface area contributed by atoms with Crippen molar-refractivity contribution < 1.29 is 4.74 Å². The molecule has 0 radical (unpaired) electrons. The number of aromatic nitrogens is 5. The van der Waals surface area contributed by atoms with E-state index in [4.69, 9.17) is 21.4 Å². The van der Waals surface area contributed by atoms with E-state index in [9.17, 15) is 0 Å². The molecule has 0 bridgehead atoms. The van der Waals surface area contributed by atoms with Crippen LogP contribution in [-0.2, 0) is 7.05 Å². The van der Waals surface area contributed by atoms with Crippen molar-refractivity contribution in [3.8, 4) is 17.0 Å². The van der Waals surface area contributed by atoms with Crippen molar-refractivity contribution in [3.05, 3.63) is 59.4 Å². The van der Waals surface area contributed by atoms with Crippen LogP contribution in [0.4, 0.5) is 17.5 Å². The molecular formula is C24H22ClN7O. The van der Waals surface area contributed by atoms with Gasteiger partial charge in [-0.05, 0) is 36.2 Å². The molecule has 0 aliphatic carbocycles. The molecule has 0 saturated carbocycles. The van der Waals surface area contributed by atoms with Gasteiger partial charge < -0.3 is 15.4 Å². The van der Waals surface area contributed by atoms with Gasteiger partial charge in [0.05, 0.1) is 30.0 Å². The smallest absolute Gasteiger partial charge is 0.232 e. The summed E-state index contributed by atoms with van der Waals surface area (Å²) in [6.45, 7) is 2.10. The summed E-state index contributed by atoms with van der Waals surface area (Å²) in [4.78, 5) is 13.3. The predicted octanol–water partition coefficient (Wildman–Crippen LogP) is 5.33. The first-order chi connectivity index (χ1) is 16.0. The number of anilines is 3. The van der Waals surface area contributed by atoms with Gasteiger partial charge in [0.2, 0.25) is 11.8 Å². The van der Waals surface area contributed by atoms with Crippen LogP contribution in [-0.4, -0.2) is 38.9 Å². The van der Waals surface area contributed by atoms with Crippen LogP contribution in [0.25, 0.3) is 32.9 Å². The average Bonchev–Trinajstić information content (AvgIpc) is 3.13. The van der Waals surface area contributed by atoms with Crippen molar-refractivity contribution >= 4 is 50.9 Å². The first-order valence-corrected chi connectivity index (χ1v) is 10.7. The molecule has 0 saturated heterocycles. The fraction of sp³-hybridized carbons (Fsp3) is 0.167. The molecule has 0 fully saturated rings. The molecule has 0 atom stereocenters. The molecule has 33 heavy (non-hydrogen) atoms. The van der Waals surface area contributed by atoms with E-state index in [1.165, 1.54) is 7.11 Å². The molecule has 9 heteroatoms. The van der Waals surface area contributed by atoms with Gasteiger partial charge in [0, 0.05) is 36.6 Å². The number of fused-ring (bicyclic) bond motifs is 2. The number of nitrogens with zero attached hydrogens (tertiary/aromatic N) is 5. The molecule has 3 aromatic heterocycles. The van der Waals surface area contributed by atoms with Gasteiger partial charge in [-0.25, -0.2) is 15.0 Å². The molecule has 0 aliphatic rings. The second-order valence-electron chi connectivity index (χ2n) is 7.65. The van der Waals surface area contributed by atoms with Crippen LogP contribution in [0.3, 0.4) is 0 Å². The number of nitrogens with one attached hydrogen (secondary N) is 2. The lowest BCUT2D eigenvalue weighted by Gasteiger charge is -2.12. The first kappa shape index (κ1) is 21.0. The Labute approximate surface area is 195 Å². The standard InChI is InChI=1S/C24H22ClN7O/c1-13-8-9-16-21(20(13)15-6-5-7-19-17(15)12-28-24(26-2)30-19)32(3)31-22(16)29-14-10-18(25)23(33-4)27-11-14/h5-12H,1-4H3,(H,29,31)(H,26,28,30). The Morgan fingerprint density at radius 3 is 2.67 bits per heavy atom. The Morgan fingerprint density at radius 2 is 1.91 bits per heavy atom. The number of methoxy groups -OCH3 is 1. The summed E-state index contributed by atoms with van der Waals surface area (Å²) < 4.78 is 7.04. The summed E-state index contributed by atoms with van der Waals surface area (Å²) in [7, 11) is 5.29. The number of halogens is 1. The lowest BCUT2D eigenvalue weighted by Crippen LogP contribution is -1.98. The third-order valence-corrected chi connectivity index (χ3v) is 5.87.